The molecular formula is C33H37N6O6P. The lowest BCUT2D eigenvalue weighted by atomic mass is 10.0. The number of aromatic nitrogens is 2. The lowest BCUT2D eigenvalue weighted by molar-refractivity contribution is -0.130. The first-order valence-corrected chi connectivity index (χ1v) is 16.6. The zero-order valence-electron chi connectivity index (χ0n) is 25.0. The SMILES string of the molecule is NC(=O)[C@H](CCc1ccccc1)NC(=O)[C@H](Cc1cnc[nH]1)NC(=O)CP(=O)(O)C(Cc1ccccc1)NC(=O)c1ccccc1. The molecule has 0 saturated heterocycles. The summed E-state index contributed by atoms with van der Waals surface area (Å²) >= 11 is 0. The molecule has 0 fully saturated rings. The number of carbonyl (C=O) groups is 4. The van der Waals surface area contributed by atoms with Gasteiger partial charge in [-0.05, 0) is 36.1 Å². The molecule has 1 heterocycles. The molecule has 0 aliphatic rings. The molecule has 0 spiro atoms. The number of nitrogens with two attached hydrogens (primary N) is 1. The number of nitrogens with one attached hydrogen (secondary N) is 4. The Morgan fingerprint density at radius 3 is 2.00 bits per heavy atom. The number of nitrogens with zero attached hydrogens (tertiary/aromatic N) is 1. The molecule has 4 amide bonds. The van der Waals surface area contributed by atoms with Crippen LogP contribution in [0.5, 0.6) is 0 Å². The number of imidazole rings is 1. The van der Waals surface area contributed by atoms with Crippen molar-refractivity contribution in [2.45, 2.75) is 43.5 Å². The number of hydrogen-bond donors (Lipinski definition) is 6. The topological polar surface area (TPSA) is 196 Å². The quantitative estimate of drug-likeness (QED) is 0.101. The highest BCUT2D eigenvalue weighted by atomic mass is 31.2. The van der Waals surface area contributed by atoms with Crippen LogP contribution in [0.1, 0.15) is 33.6 Å². The summed E-state index contributed by atoms with van der Waals surface area (Å²) in [7, 11) is -4.41. The van der Waals surface area contributed by atoms with Gasteiger partial charge in [-0.2, -0.15) is 0 Å². The van der Waals surface area contributed by atoms with E-state index in [0.717, 1.165) is 5.56 Å². The van der Waals surface area contributed by atoms with E-state index in [1.807, 2.05) is 30.3 Å². The summed E-state index contributed by atoms with van der Waals surface area (Å²) in [6, 6.07) is 24.1. The van der Waals surface area contributed by atoms with Crippen LogP contribution in [-0.4, -0.2) is 62.5 Å². The summed E-state index contributed by atoms with van der Waals surface area (Å²) in [6.07, 6.45) is 2.64. The van der Waals surface area contributed by atoms with E-state index in [-0.39, 0.29) is 24.8 Å². The Kier molecular flexibility index (Phi) is 12.0. The van der Waals surface area contributed by atoms with Gasteiger partial charge in [0, 0.05) is 30.3 Å². The van der Waals surface area contributed by atoms with Crippen LogP contribution in [0.3, 0.4) is 0 Å². The van der Waals surface area contributed by atoms with Crippen LogP contribution < -0.4 is 21.7 Å². The number of aromatic amines is 1. The van der Waals surface area contributed by atoms with E-state index < -0.39 is 55.0 Å². The third kappa shape index (κ3) is 10.3. The molecule has 12 nitrogen and oxygen atoms in total. The summed E-state index contributed by atoms with van der Waals surface area (Å²) in [5, 5.41) is 7.78. The maximum absolute atomic E-state index is 13.8. The van der Waals surface area contributed by atoms with Gasteiger partial charge in [-0.1, -0.05) is 78.9 Å². The number of carbonyl (C=O) groups excluding carboxylic acids is 4. The fraction of sp³-hybridized carbons (Fsp3) is 0.242. The van der Waals surface area contributed by atoms with Crippen molar-refractivity contribution in [1.29, 1.82) is 0 Å². The molecule has 240 valence electrons. The number of H-pyrrole nitrogens is 1. The van der Waals surface area contributed by atoms with Crippen molar-refractivity contribution in [3.63, 3.8) is 0 Å². The molecule has 46 heavy (non-hydrogen) atoms. The number of primary amides is 1. The number of benzene rings is 3. The van der Waals surface area contributed by atoms with Gasteiger partial charge in [0.15, 0.2) is 0 Å². The molecule has 2 unspecified atom stereocenters. The molecule has 1 aromatic heterocycles. The molecular weight excluding hydrogens is 607 g/mol. The van der Waals surface area contributed by atoms with Crippen molar-refractivity contribution in [1.82, 2.24) is 25.9 Å². The lowest BCUT2D eigenvalue weighted by Gasteiger charge is -2.26. The van der Waals surface area contributed by atoms with Gasteiger partial charge in [0.1, 0.15) is 24.0 Å². The minimum atomic E-state index is -4.41. The van der Waals surface area contributed by atoms with Crippen LogP contribution in [0.15, 0.2) is 104 Å². The van der Waals surface area contributed by atoms with Crippen molar-refractivity contribution >= 4 is 31.0 Å². The summed E-state index contributed by atoms with van der Waals surface area (Å²) in [6.45, 7) is 0. The van der Waals surface area contributed by atoms with Gasteiger partial charge >= 0.3 is 0 Å². The molecule has 0 radical (unpaired) electrons. The predicted molar refractivity (Wildman–Crippen MR) is 173 cm³/mol. The Morgan fingerprint density at radius 1 is 0.804 bits per heavy atom. The smallest absolute Gasteiger partial charge is 0.251 e. The standard InChI is InChI=1S/C33H37N6O6P/c34-31(41)27(17-16-23-10-4-1-5-11-23)38-33(43)28(19-26-20-35-22-36-26)37-29(40)21-46(44,45)30(18-24-12-6-2-7-13-24)39-32(42)25-14-8-3-9-15-25/h1-15,20,22,27-28,30H,16-19,21H2,(H2,34,41)(H,35,36)(H,37,40)(H,38,43)(H,39,42)(H,44,45)/t27-,28-,30?/m0/s1. The second-order valence-corrected chi connectivity index (χ2v) is 13.3. The molecule has 3 aromatic carbocycles. The van der Waals surface area contributed by atoms with Gasteiger partial charge in [0.2, 0.25) is 25.1 Å². The van der Waals surface area contributed by atoms with E-state index in [0.29, 0.717) is 17.7 Å². The van der Waals surface area contributed by atoms with Gasteiger partial charge in [-0.15, -0.1) is 0 Å². The maximum Gasteiger partial charge on any atom is 0.251 e. The number of rotatable bonds is 16. The molecule has 0 saturated carbocycles. The zero-order valence-corrected chi connectivity index (χ0v) is 25.9. The van der Waals surface area contributed by atoms with E-state index >= 15 is 0 Å². The van der Waals surface area contributed by atoms with Gasteiger partial charge in [-0.3, -0.25) is 23.7 Å². The Balaban J connectivity index is 1.48. The van der Waals surface area contributed by atoms with Crippen molar-refractivity contribution in [2.24, 2.45) is 5.73 Å². The van der Waals surface area contributed by atoms with E-state index in [1.165, 1.54) is 12.5 Å². The van der Waals surface area contributed by atoms with Crippen molar-refractivity contribution in [2.75, 3.05) is 6.16 Å². The molecule has 4 atom stereocenters. The van der Waals surface area contributed by atoms with Crippen LogP contribution in [-0.2, 0) is 38.2 Å². The van der Waals surface area contributed by atoms with Crippen molar-refractivity contribution in [3.8, 4) is 0 Å². The molecule has 13 heteroatoms. The fourth-order valence-electron chi connectivity index (χ4n) is 4.85. The van der Waals surface area contributed by atoms with Crippen LogP contribution in [0.25, 0.3) is 0 Å². The Morgan fingerprint density at radius 2 is 1.41 bits per heavy atom. The average Bonchev–Trinajstić information content (AvgIpc) is 3.56. The van der Waals surface area contributed by atoms with Crippen LogP contribution in [0, 0.1) is 0 Å². The lowest BCUT2D eigenvalue weighted by Crippen LogP contribution is -2.54. The third-order valence-electron chi connectivity index (χ3n) is 7.32. The first kappa shape index (κ1) is 33.8. The van der Waals surface area contributed by atoms with Crippen LogP contribution in [0.2, 0.25) is 0 Å². The van der Waals surface area contributed by atoms with E-state index in [1.54, 1.807) is 60.7 Å². The maximum atomic E-state index is 13.8. The monoisotopic (exact) mass is 644 g/mol. The van der Waals surface area contributed by atoms with E-state index in [9.17, 15) is 28.6 Å². The van der Waals surface area contributed by atoms with Crippen molar-refractivity contribution < 1.29 is 28.6 Å². The second kappa shape index (κ2) is 16.3. The summed E-state index contributed by atoms with van der Waals surface area (Å²) < 4.78 is 13.8. The van der Waals surface area contributed by atoms with E-state index in [2.05, 4.69) is 25.9 Å². The molecule has 0 aliphatic carbocycles. The van der Waals surface area contributed by atoms with Crippen molar-refractivity contribution in [3.05, 3.63) is 126 Å². The Hall–Kier alpha value is -5.06. The first-order chi connectivity index (χ1) is 22.1. The Bertz CT molecular complexity index is 1640. The summed E-state index contributed by atoms with van der Waals surface area (Å²) in [4.78, 5) is 69.9. The minimum Gasteiger partial charge on any atom is -0.368 e. The molecule has 4 aromatic rings. The molecule has 0 bridgehead atoms. The van der Waals surface area contributed by atoms with Gasteiger partial charge in [-0.25, -0.2) is 4.98 Å². The number of aryl methyl sites for hydroxylation is 1. The normalized spacial score (nSPS) is 14.2. The van der Waals surface area contributed by atoms with Gasteiger partial charge < -0.3 is 31.6 Å². The average molecular weight is 645 g/mol. The predicted octanol–water partition coefficient (Wildman–Crippen LogP) is 2.31. The number of amides is 4. The fourth-order valence-corrected chi connectivity index (χ4v) is 6.39. The van der Waals surface area contributed by atoms with Gasteiger partial charge in [0.25, 0.3) is 5.91 Å². The van der Waals surface area contributed by atoms with Crippen LogP contribution in [0.4, 0.5) is 0 Å². The third-order valence-corrected chi connectivity index (χ3v) is 9.34. The highest BCUT2D eigenvalue weighted by Crippen LogP contribution is 2.46. The summed E-state index contributed by atoms with van der Waals surface area (Å²) in [5.74, 6) is -4.21. The molecule has 0 aliphatic heterocycles. The Labute approximate surface area is 266 Å². The first-order valence-electron chi connectivity index (χ1n) is 14.7. The number of hydrogen-bond acceptors (Lipinski definition) is 6. The second-order valence-electron chi connectivity index (χ2n) is 10.8. The highest BCUT2D eigenvalue weighted by molar-refractivity contribution is 7.59. The zero-order chi connectivity index (χ0) is 32.9. The highest BCUT2D eigenvalue weighted by Gasteiger charge is 2.36. The largest absolute Gasteiger partial charge is 0.368 e. The van der Waals surface area contributed by atoms with Gasteiger partial charge in [0.05, 0.1) is 6.33 Å². The van der Waals surface area contributed by atoms with Crippen LogP contribution >= 0.6 is 7.37 Å². The minimum absolute atomic E-state index is 0.0137. The van der Waals surface area contributed by atoms with E-state index in [4.69, 9.17) is 5.73 Å². The summed E-state index contributed by atoms with van der Waals surface area (Å²) in [5.41, 5.74) is 8.01. The molecule has 7 N–H and O–H groups in total. The molecule has 4 rings (SSSR count).